The number of ether oxygens (including phenoxy) is 1. The summed E-state index contributed by atoms with van der Waals surface area (Å²) in [6, 6.07) is 6.81. The van der Waals surface area contributed by atoms with Crippen LogP contribution in [0.5, 0.6) is 5.75 Å². The van der Waals surface area contributed by atoms with Crippen LogP contribution in [-0.4, -0.2) is 17.2 Å². The van der Waals surface area contributed by atoms with E-state index in [2.05, 4.69) is 10.5 Å². The Labute approximate surface area is 114 Å². The zero-order valence-electron chi connectivity index (χ0n) is 11.0. The molecule has 20 heavy (non-hydrogen) atoms. The summed E-state index contributed by atoms with van der Waals surface area (Å²) in [5.41, 5.74) is 6.72. The number of hydrogen-bond acceptors (Lipinski definition) is 5. The molecule has 0 bridgehead atoms. The Balaban J connectivity index is 2.32. The summed E-state index contributed by atoms with van der Waals surface area (Å²) in [6.45, 7) is 3.06. The summed E-state index contributed by atoms with van der Waals surface area (Å²) in [4.78, 5) is 21.8. The highest BCUT2D eigenvalue weighted by Crippen LogP contribution is 2.33. The van der Waals surface area contributed by atoms with Gasteiger partial charge in [-0.05, 0) is 31.2 Å². The lowest BCUT2D eigenvalue weighted by Gasteiger charge is -2.04. The molecule has 0 aliphatic carbocycles. The molecule has 1 aromatic heterocycles. The first-order valence-corrected chi connectivity index (χ1v) is 5.79. The van der Waals surface area contributed by atoms with E-state index in [0.29, 0.717) is 22.7 Å². The Morgan fingerprint density at radius 2 is 1.95 bits per heavy atom. The third-order valence-electron chi connectivity index (χ3n) is 2.48. The summed E-state index contributed by atoms with van der Waals surface area (Å²) >= 11 is 0. The lowest BCUT2D eigenvalue weighted by atomic mass is 10.1. The molecule has 104 valence electrons. The maximum atomic E-state index is 10.9. The van der Waals surface area contributed by atoms with Crippen LogP contribution in [0.3, 0.4) is 0 Å². The van der Waals surface area contributed by atoms with Gasteiger partial charge in [-0.1, -0.05) is 5.16 Å². The van der Waals surface area contributed by atoms with Crippen molar-refractivity contribution in [3.63, 3.8) is 0 Å². The molecule has 0 atom stereocenters. The number of primary amides is 1. The zero-order valence-corrected chi connectivity index (χ0v) is 11.0. The minimum Gasteiger partial charge on any atom is -0.404 e. The van der Waals surface area contributed by atoms with Crippen molar-refractivity contribution in [2.75, 3.05) is 5.32 Å². The maximum absolute atomic E-state index is 10.9. The Hall–Kier alpha value is -2.83. The van der Waals surface area contributed by atoms with Crippen LogP contribution in [0.2, 0.25) is 0 Å². The predicted molar refractivity (Wildman–Crippen MR) is 71.2 cm³/mol. The van der Waals surface area contributed by atoms with Gasteiger partial charge in [-0.25, -0.2) is 4.79 Å². The van der Waals surface area contributed by atoms with Gasteiger partial charge < -0.3 is 20.3 Å². The lowest BCUT2D eigenvalue weighted by Crippen LogP contribution is -2.16. The number of aryl methyl sites for hydroxylation is 1. The molecule has 7 nitrogen and oxygen atoms in total. The number of rotatable bonds is 3. The number of nitrogens with zero attached hydrogens (tertiary/aromatic N) is 1. The van der Waals surface area contributed by atoms with Crippen LogP contribution in [0.25, 0.3) is 11.3 Å². The van der Waals surface area contributed by atoms with Crippen molar-refractivity contribution in [3.05, 3.63) is 30.0 Å². The van der Waals surface area contributed by atoms with Crippen LogP contribution in [0.1, 0.15) is 12.6 Å². The van der Waals surface area contributed by atoms with Gasteiger partial charge in [-0.2, -0.15) is 0 Å². The number of aromatic nitrogens is 1. The number of anilines is 1. The maximum Gasteiger partial charge on any atom is 0.410 e. The molecule has 0 radical (unpaired) electrons. The second-order valence-electron chi connectivity index (χ2n) is 4.11. The number of carbonyl (C=O) groups excluding carboxylic acids is 2. The molecule has 0 spiro atoms. The van der Waals surface area contributed by atoms with E-state index in [1.165, 1.54) is 6.92 Å². The smallest absolute Gasteiger partial charge is 0.404 e. The molecule has 2 aromatic rings. The largest absolute Gasteiger partial charge is 0.410 e. The average Bonchev–Trinajstić information content (AvgIpc) is 2.71. The number of nitrogens with one attached hydrogen (secondary N) is 1. The molecule has 0 aliphatic heterocycles. The van der Waals surface area contributed by atoms with Crippen molar-refractivity contribution in [1.82, 2.24) is 5.16 Å². The third-order valence-corrected chi connectivity index (χ3v) is 2.48. The van der Waals surface area contributed by atoms with E-state index in [1.807, 2.05) is 0 Å². The van der Waals surface area contributed by atoms with Gasteiger partial charge in [-0.15, -0.1) is 0 Å². The molecule has 1 heterocycles. The van der Waals surface area contributed by atoms with Gasteiger partial charge in [0.25, 0.3) is 0 Å². The van der Waals surface area contributed by atoms with Gasteiger partial charge in [0, 0.05) is 18.2 Å². The van der Waals surface area contributed by atoms with E-state index >= 15 is 0 Å². The minimum absolute atomic E-state index is 0.161. The number of hydrogen-bond donors (Lipinski definition) is 2. The van der Waals surface area contributed by atoms with Crippen LogP contribution >= 0.6 is 0 Å². The highest BCUT2D eigenvalue weighted by Gasteiger charge is 2.18. The van der Waals surface area contributed by atoms with Gasteiger partial charge in [0.1, 0.15) is 5.69 Å². The Bertz CT molecular complexity index is 646. The predicted octanol–water partition coefficient (Wildman–Crippen LogP) is 2.07. The molecular weight excluding hydrogens is 262 g/mol. The SMILES string of the molecule is CC(=O)Nc1ccc(-c2onc(C)c2OC(N)=O)cc1. The van der Waals surface area contributed by atoms with E-state index in [-0.39, 0.29) is 11.7 Å². The highest BCUT2D eigenvalue weighted by molar-refractivity contribution is 5.89. The van der Waals surface area contributed by atoms with Crippen LogP contribution in [0.4, 0.5) is 10.5 Å². The van der Waals surface area contributed by atoms with Crippen LogP contribution in [0.15, 0.2) is 28.8 Å². The van der Waals surface area contributed by atoms with Crippen molar-refractivity contribution in [2.24, 2.45) is 5.73 Å². The molecule has 2 rings (SSSR count). The quantitative estimate of drug-likeness (QED) is 0.891. The standard InChI is InChI=1S/C13H13N3O4/c1-7-11(19-13(14)18)12(20-16-7)9-3-5-10(6-4-9)15-8(2)17/h3-6H,1-2H3,(H2,14,18)(H,15,17). The first kappa shape index (κ1) is 13.6. The van der Waals surface area contributed by atoms with Crippen molar-refractivity contribution in [2.45, 2.75) is 13.8 Å². The number of nitrogens with two attached hydrogens (primary N) is 1. The summed E-state index contributed by atoms with van der Waals surface area (Å²) in [7, 11) is 0. The first-order valence-electron chi connectivity index (χ1n) is 5.79. The van der Waals surface area contributed by atoms with Crippen molar-refractivity contribution in [1.29, 1.82) is 0 Å². The molecule has 0 aliphatic rings. The fraction of sp³-hybridized carbons (Fsp3) is 0.154. The molecule has 3 N–H and O–H groups in total. The van der Waals surface area contributed by atoms with Crippen molar-refractivity contribution >= 4 is 17.7 Å². The Morgan fingerprint density at radius 1 is 1.30 bits per heavy atom. The molecule has 0 unspecified atom stereocenters. The molecule has 0 saturated carbocycles. The monoisotopic (exact) mass is 275 g/mol. The number of benzene rings is 1. The van der Waals surface area contributed by atoms with E-state index in [0.717, 1.165) is 0 Å². The second-order valence-corrected chi connectivity index (χ2v) is 4.11. The minimum atomic E-state index is -0.938. The van der Waals surface area contributed by atoms with Crippen molar-refractivity contribution < 1.29 is 18.8 Å². The van der Waals surface area contributed by atoms with Gasteiger partial charge in [0.05, 0.1) is 0 Å². The topological polar surface area (TPSA) is 107 Å². The third kappa shape index (κ3) is 2.94. The highest BCUT2D eigenvalue weighted by atomic mass is 16.6. The van der Waals surface area contributed by atoms with Gasteiger partial charge in [-0.3, -0.25) is 4.79 Å². The first-order chi connectivity index (χ1) is 9.47. The summed E-state index contributed by atoms with van der Waals surface area (Å²) < 4.78 is 10.0. The van der Waals surface area contributed by atoms with E-state index < -0.39 is 6.09 Å². The number of amides is 2. The molecule has 1 aromatic carbocycles. The van der Waals surface area contributed by atoms with Crippen molar-refractivity contribution in [3.8, 4) is 17.1 Å². The normalized spacial score (nSPS) is 10.1. The Morgan fingerprint density at radius 3 is 2.50 bits per heavy atom. The summed E-state index contributed by atoms with van der Waals surface area (Å²) in [5, 5.41) is 6.38. The molecule has 2 amide bonds. The lowest BCUT2D eigenvalue weighted by molar-refractivity contribution is -0.114. The average molecular weight is 275 g/mol. The summed E-state index contributed by atoms with van der Waals surface area (Å²) in [6.07, 6.45) is -0.938. The van der Waals surface area contributed by atoms with Crippen LogP contribution < -0.4 is 15.8 Å². The van der Waals surface area contributed by atoms with Gasteiger partial charge >= 0.3 is 6.09 Å². The van der Waals surface area contributed by atoms with Crippen LogP contribution in [0, 0.1) is 6.92 Å². The van der Waals surface area contributed by atoms with Crippen LogP contribution in [-0.2, 0) is 4.79 Å². The summed E-state index contributed by atoms with van der Waals surface area (Å²) in [5.74, 6) is 0.325. The second kappa shape index (κ2) is 5.43. The van der Waals surface area contributed by atoms with E-state index in [4.69, 9.17) is 15.0 Å². The number of carbonyl (C=O) groups is 2. The molecular formula is C13H13N3O4. The fourth-order valence-electron chi connectivity index (χ4n) is 1.67. The fourth-order valence-corrected chi connectivity index (χ4v) is 1.67. The van der Waals surface area contributed by atoms with Gasteiger partial charge in [0.15, 0.2) is 0 Å². The molecule has 0 fully saturated rings. The van der Waals surface area contributed by atoms with E-state index in [1.54, 1.807) is 31.2 Å². The Kier molecular flexibility index (Phi) is 3.69. The molecule has 0 saturated heterocycles. The van der Waals surface area contributed by atoms with Gasteiger partial charge in [0.2, 0.25) is 17.4 Å². The van der Waals surface area contributed by atoms with E-state index in [9.17, 15) is 9.59 Å². The molecule has 7 heteroatoms. The zero-order chi connectivity index (χ0) is 14.7.